The molecule has 5 nitrogen and oxygen atoms in total. The van der Waals surface area contributed by atoms with Crippen molar-refractivity contribution in [3.05, 3.63) is 53.3 Å². The van der Waals surface area contributed by atoms with E-state index in [1.54, 1.807) is 13.3 Å². The number of pyridine rings is 1. The lowest BCUT2D eigenvalue weighted by molar-refractivity contribution is -0.123. The summed E-state index contributed by atoms with van der Waals surface area (Å²) in [6.07, 6.45) is 6.79. The number of methoxy groups -OCH3 is 1. The minimum Gasteiger partial charge on any atom is -0.496 e. The zero-order valence-electron chi connectivity index (χ0n) is 14.6. The minimum absolute atomic E-state index is 0.0301. The van der Waals surface area contributed by atoms with Gasteiger partial charge in [0.25, 0.3) is 5.91 Å². The van der Waals surface area contributed by atoms with E-state index >= 15 is 0 Å². The summed E-state index contributed by atoms with van der Waals surface area (Å²) in [5.74, 6) is 1.53. The maximum absolute atomic E-state index is 12.0. The number of aromatic nitrogens is 1. The SMILES string of the molecule is COc1ccccc1CCNC(=O)COc1ccnc2c1CCCC2. The van der Waals surface area contributed by atoms with Crippen LogP contribution in [0.2, 0.25) is 0 Å². The second kappa shape index (κ2) is 8.51. The van der Waals surface area contributed by atoms with Gasteiger partial charge in [0.1, 0.15) is 11.5 Å². The topological polar surface area (TPSA) is 60.5 Å². The fourth-order valence-electron chi connectivity index (χ4n) is 3.17. The molecule has 0 bridgehead atoms. The van der Waals surface area contributed by atoms with E-state index in [1.165, 1.54) is 6.42 Å². The van der Waals surface area contributed by atoms with E-state index in [9.17, 15) is 4.79 Å². The Morgan fingerprint density at radius 3 is 2.88 bits per heavy atom. The number of benzene rings is 1. The number of hydrogen-bond donors (Lipinski definition) is 1. The molecule has 0 radical (unpaired) electrons. The molecular weight excluding hydrogens is 316 g/mol. The molecule has 3 rings (SSSR count). The molecule has 132 valence electrons. The molecule has 0 saturated heterocycles. The monoisotopic (exact) mass is 340 g/mol. The fourth-order valence-corrected chi connectivity index (χ4v) is 3.17. The number of nitrogens with one attached hydrogen (secondary N) is 1. The summed E-state index contributed by atoms with van der Waals surface area (Å²) in [5, 5.41) is 2.90. The van der Waals surface area contributed by atoms with Crippen LogP contribution in [0.4, 0.5) is 0 Å². The highest BCUT2D eigenvalue weighted by Crippen LogP contribution is 2.27. The van der Waals surface area contributed by atoms with Crippen molar-refractivity contribution in [1.82, 2.24) is 10.3 Å². The number of rotatable bonds is 7. The normalized spacial score (nSPS) is 13.0. The van der Waals surface area contributed by atoms with E-state index in [0.29, 0.717) is 6.54 Å². The number of hydrogen-bond acceptors (Lipinski definition) is 4. The summed E-state index contributed by atoms with van der Waals surface area (Å²) in [5.41, 5.74) is 3.35. The molecule has 1 aliphatic carbocycles. The van der Waals surface area contributed by atoms with Gasteiger partial charge in [0.15, 0.2) is 6.61 Å². The number of para-hydroxylation sites is 1. The van der Waals surface area contributed by atoms with E-state index in [2.05, 4.69) is 10.3 Å². The van der Waals surface area contributed by atoms with Crippen LogP contribution in [0, 0.1) is 0 Å². The molecule has 0 saturated carbocycles. The lowest BCUT2D eigenvalue weighted by atomic mass is 9.95. The van der Waals surface area contributed by atoms with Gasteiger partial charge < -0.3 is 14.8 Å². The summed E-state index contributed by atoms with van der Waals surface area (Å²) in [6, 6.07) is 9.68. The number of carbonyl (C=O) groups excluding carboxylic acids is 1. The Hall–Kier alpha value is -2.56. The van der Waals surface area contributed by atoms with E-state index < -0.39 is 0 Å². The third-order valence-electron chi connectivity index (χ3n) is 4.46. The van der Waals surface area contributed by atoms with Crippen molar-refractivity contribution < 1.29 is 14.3 Å². The van der Waals surface area contributed by atoms with E-state index in [4.69, 9.17) is 9.47 Å². The largest absolute Gasteiger partial charge is 0.496 e. The summed E-state index contributed by atoms with van der Waals surface area (Å²) in [7, 11) is 1.65. The van der Waals surface area contributed by atoms with Gasteiger partial charge in [-0.2, -0.15) is 0 Å². The Morgan fingerprint density at radius 1 is 1.16 bits per heavy atom. The predicted octanol–water partition coefficient (Wildman–Crippen LogP) is 2.71. The van der Waals surface area contributed by atoms with Crippen LogP contribution in [-0.4, -0.2) is 31.2 Å². The third-order valence-corrected chi connectivity index (χ3v) is 4.46. The van der Waals surface area contributed by atoms with Crippen molar-refractivity contribution >= 4 is 5.91 Å². The highest BCUT2D eigenvalue weighted by Gasteiger charge is 2.15. The Morgan fingerprint density at radius 2 is 2.00 bits per heavy atom. The number of fused-ring (bicyclic) bond motifs is 1. The van der Waals surface area contributed by atoms with Crippen molar-refractivity contribution in [3.8, 4) is 11.5 Å². The molecule has 0 fully saturated rings. The lowest BCUT2D eigenvalue weighted by Crippen LogP contribution is -2.30. The number of carbonyl (C=O) groups is 1. The molecule has 0 spiro atoms. The fraction of sp³-hybridized carbons (Fsp3) is 0.400. The van der Waals surface area contributed by atoms with E-state index in [0.717, 1.165) is 54.0 Å². The molecule has 1 heterocycles. The predicted molar refractivity (Wildman–Crippen MR) is 96.1 cm³/mol. The second-order valence-electron chi connectivity index (χ2n) is 6.14. The molecule has 1 aliphatic rings. The molecule has 5 heteroatoms. The highest BCUT2D eigenvalue weighted by molar-refractivity contribution is 5.77. The first kappa shape index (κ1) is 17.3. The Labute approximate surface area is 148 Å². The first-order valence-electron chi connectivity index (χ1n) is 8.76. The van der Waals surface area contributed by atoms with Gasteiger partial charge in [-0.15, -0.1) is 0 Å². The van der Waals surface area contributed by atoms with E-state index in [1.807, 2.05) is 30.3 Å². The summed E-state index contributed by atoms with van der Waals surface area (Å²) in [4.78, 5) is 16.5. The van der Waals surface area contributed by atoms with Crippen LogP contribution in [0.15, 0.2) is 36.5 Å². The van der Waals surface area contributed by atoms with Crippen LogP contribution < -0.4 is 14.8 Å². The average molecular weight is 340 g/mol. The van der Waals surface area contributed by atoms with E-state index in [-0.39, 0.29) is 12.5 Å². The minimum atomic E-state index is -0.115. The van der Waals surface area contributed by atoms with Gasteiger partial charge in [0.05, 0.1) is 7.11 Å². The van der Waals surface area contributed by atoms with Crippen molar-refractivity contribution in [3.63, 3.8) is 0 Å². The molecule has 1 aromatic carbocycles. The van der Waals surface area contributed by atoms with Gasteiger partial charge >= 0.3 is 0 Å². The summed E-state index contributed by atoms with van der Waals surface area (Å²) >= 11 is 0. The average Bonchev–Trinajstić information content (AvgIpc) is 2.66. The molecule has 0 aliphatic heterocycles. The molecule has 1 N–H and O–H groups in total. The highest BCUT2D eigenvalue weighted by atomic mass is 16.5. The van der Waals surface area contributed by atoms with Crippen LogP contribution in [0.25, 0.3) is 0 Å². The van der Waals surface area contributed by atoms with Crippen LogP contribution in [-0.2, 0) is 24.1 Å². The van der Waals surface area contributed by atoms with Gasteiger partial charge in [-0.05, 0) is 49.8 Å². The van der Waals surface area contributed by atoms with Crippen LogP contribution >= 0.6 is 0 Å². The third kappa shape index (κ3) is 4.50. The number of nitrogens with zero attached hydrogens (tertiary/aromatic N) is 1. The van der Waals surface area contributed by atoms with Gasteiger partial charge in [-0.3, -0.25) is 9.78 Å². The smallest absolute Gasteiger partial charge is 0.257 e. The van der Waals surface area contributed by atoms with Crippen LogP contribution in [0.5, 0.6) is 11.5 Å². The number of ether oxygens (including phenoxy) is 2. The van der Waals surface area contributed by atoms with Gasteiger partial charge in [-0.1, -0.05) is 18.2 Å². The first-order chi connectivity index (χ1) is 12.3. The van der Waals surface area contributed by atoms with Crippen LogP contribution in [0.1, 0.15) is 29.7 Å². The number of aryl methyl sites for hydroxylation is 1. The Kier molecular flexibility index (Phi) is 5.88. The van der Waals surface area contributed by atoms with Gasteiger partial charge in [0.2, 0.25) is 0 Å². The summed E-state index contributed by atoms with van der Waals surface area (Å²) in [6.45, 7) is 0.583. The molecule has 1 aromatic heterocycles. The summed E-state index contributed by atoms with van der Waals surface area (Å²) < 4.78 is 11.1. The van der Waals surface area contributed by atoms with Crippen molar-refractivity contribution in [1.29, 1.82) is 0 Å². The first-order valence-corrected chi connectivity index (χ1v) is 8.76. The second-order valence-corrected chi connectivity index (χ2v) is 6.14. The Balaban J connectivity index is 1.47. The molecule has 2 aromatic rings. The molecule has 0 atom stereocenters. The molecule has 1 amide bonds. The van der Waals surface area contributed by atoms with Crippen molar-refractivity contribution in [2.45, 2.75) is 32.1 Å². The van der Waals surface area contributed by atoms with Crippen LogP contribution in [0.3, 0.4) is 0 Å². The number of amides is 1. The van der Waals surface area contributed by atoms with Gasteiger partial charge in [-0.25, -0.2) is 0 Å². The lowest BCUT2D eigenvalue weighted by Gasteiger charge is -2.18. The molecule has 25 heavy (non-hydrogen) atoms. The molecule has 0 unspecified atom stereocenters. The quantitative estimate of drug-likeness (QED) is 0.842. The molecular formula is C20H24N2O3. The van der Waals surface area contributed by atoms with Crippen molar-refractivity contribution in [2.24, 2.45) is 0 Å². The Bertz CT molecular complexity index is 731. The zero-order valence-corrected chi connectivity index (χ0v) is 14.6. The standard InChI is InChI=1S/C20H24N2O3/c1-24-18-9-5-2-6-15(18)10-12-22-20(23)14-25-19-11-13-21-17-8-4-3-7-16(17)19/h2,5-6,9,11,13H,3-4,7-8,10,12,14H2,1H3,(H,22,23). The maximum atomic E-state index is 12.0. The maximum Gasteiger partial charge on any atom is 0.257 e. The van der Waals surface area contributed by atoms with Crippen molar-refractivity contribution in [2.75, 3.05) is 20.3 Å². The van der Waals surface area contributed by atoms with Gasteiger partial charge in [0, 0.05) is 24.0 Å². The zero-order chi connectivity index (χ0) is 17.5.